The van der Waals surface area contributed by atoms with Gasteiger partial charge in [-0.05, 0) is 57.1 Å². The Labute approximate surface area is 226 Å². The number of nitrogens with two attached hydrogens (primary N) is 1. The van der Waals surface area contributed by atoms with Gasteiger partial charge in [-0.15, -0.1) is 0 Å². The van der Waals surface area contributed by atoms with Crippen LogP contribution in [0.2, 0.25) is 0 Å². The molecule has 1 aliphatic rings. The highest BCUT2D eigenvalue weighted by Crippen LogP contribution is 2.40. The molecule has 0 atom stereocenters. The number of aromatic nitrogens is 1. The maximum atomic E-state index is 11.7. The third kappa shape index (κ3) is 10.1. The Morgan fingerprint density at radius 2 is 1.97 bits per heavy atom. The second kappa shape index (κ2) is 15.1. The molecule has 0 saturated heterocycles. The van der Waals surface area contributed by atoms with Crippen LogP contribution in [0.4, 0.5) is 4.79 Å². The fourth-order valence-electron chi connectivity index (χ4n) is 4.12. The number of nitrogens with one attached hydrogen (secondary N) is 1. The number of imide groups is 1. The summed E-state index contributed by atoms with van der Waals surface area (Å²) in [5, 5.41) is 1.98. The summed E-state index contributed by atoms with van der Waals surface area (Å²) < 4.78 is 16.0. The molecule has 1 aliphatic carbocycles. The monoisotopic (exact) mass is 523 g/mol. The maximum Gasteiger partial charge on any atom is 0.420 e. The van der Waals surface area contributed by atoms with E-state index in [9.17, 15) is 9.59 Å². The van der Waals surface area contributed by atoms with E-state index in [0.29, 0.717) is 13.2 Å². The quantitative estimate of drug-likeness (QED) is 0.282. The van der Waals surface area contributed by atoms with Crippen molar-refractivity contribution in [3.05, 3.63) is 76.6 Å². The number of ether oxygens (including phenoxy) is 3. The molecule has 0 fully saturated rings. The number of nitrogens with zero attached hydrogens (tertiary/aromatic N) is 1. The van der Waals surface area contributed by atoms with E-state index in [0.717, 1.165) is 11.1 Å². The Kier molecular flexibility index (Phi) is 12.2. The molecule has 1 heterocycles. The fourth-order valence-corrected chi connectivity index (χ4v) is 4.12. The van der Waals surface area contributed by atoms with Crippen LogP contribution in [0.5, 0.6) is 11.6 Å². The summed E-state index contributed by atoms with van der Waals surface area (Å²) >= 11 is 0. The average Bonchev–Trinajstić information content (AvgIpc) is 2.86. The standard InChI is InChI=1S/C30H41N3O5/c1-21(12-13-25-23(3)11-8-15-30(25,4)5)9-7-10-22(2)14-16-37-20-24-17-26(36-6)28(32-19-24)38-29(35)33-27(34)18-31/h7,9-10,12-14,17,19H,8,11,15-16,18,20,31H2,1-6H3,(H,33,34,35). The number of pyridine rings is 1. The summed E-state index contributed by atoms with van der Waals surface area (Å²) in [6.07, 6.45) is 16.9. The molecule has 0 aromatic carbocycles. The van der Waals surface area contributed by atoms with Crippen LogP contribution in [0.3, 0.4) is 0 Å². The molecule has 206 valence electrons. The molecule has 0 bridgehead atoms. The molecule has 1 aromatic heterocycles. The van der Waals surface area contributed by atoms with E-state index in [-0.39, 0.29) is 23.6 Å². The van der Waals surface area contributed by atoms with Crippen LogP contribution in [0.25, 0.3) is 0 Å². The van der Waals surface area contributed by atoms with Gasteiger partial charge in [-0.25, -0.2) is 9.78 Å². The van der Waals surface area contributed by atoms with Crippen molar-refractivity contribution in [3.63, 3.8) is 0 Å². The van der Waals surface area contributed by atoms with Gasteiger partial charge < -0.3 is 19.9 Å². The van der Waals surface area contributed by atoms with Crippen molar-refractivity contribution in [2.45, 2.75) is 60.5 Å². The number of carbonyl (C=O) groups is 2. The van der Waals surface area contributed by atoms with Crippen LogP contribution in [-0.2, 0) is 16.1 Å². The van der Waals surface area contributed by atoms with Gasteiger partial charge in [0.2, 0.25) is 5.91 Å². The van der Waals surface area contributed by atoms with Crippen molar-refractivity contribution in [1.82, 2.24) is 10.3 Å². The molecule has 38 heavy (non-hydrogen) atoms. The second-order valence-electron chi connectivity index (χ2n) is 9.99. The average molecular weight is 524 g/mol. The molecule has 0 spiro atoms. The molecular formula is C30H41N3O5. The van der Waals surface area contributed by atoms with Crippen LogP contribution < -0.4 is 20.5 Å². The Hall–Kier alpha value is -3.49. The Balaban J connectivity index is 1.85. The van der Waals surface area contributed by atoms with Crippen LogP contribution in [-0.4, -0.2) is 37.2 Å². The van der Waals surface area contributed by atoms with E-state index in [1.165, 1.54) is 49.3 Å². The number of hydrogen-bond donors (Lipinski definition) is 2. The lowest BCUT2D eigenvalue weighted by Gasteiger charge is -2.32. The van der Waals surface area contributed by atoms with Crippen LogP contribution in [0, 0.1) is 5.41 Å². The van der Waals surface area contributed by atoms with Crippen molar-refractivity contribution >= 4 is 12.0 Å². The molecule has 0 radical (unpaired) electrons. The lowest BCUT2D eigenvalue weighted by Crippen LogP contribution is -2.37. The highest BCUT2D eigenvalue weighted by Gasteiger charge is 2.26. The summed E-state index contributed by atoms with van der Waals surface area (Å²) in [7, 11) is 1.43. The van der Waals surface area contributed by atoms with E-state index in [1.807, 2.05) is 30.5 Å². The van der Waals surface area contributed by atoms with Gasteiger partial charge in [-0.2, -0.15) is 0 Å². The first-order chi connectivity index (χ1) is 18.1. The van der Waals surface area contributed by atoms with Crippen LogP contribution in [0.15, 0.2) is 71.0 Å². The highest BCUT2D eigenvalue weighted by atomic mass is 16.6. The summed E-state index contributed by atoms with van der Waals surface area (Å²) in [5.41, 5.74) is 11.4. The lowest BCUT2D eigenvalue weighted by molar-refractivity contribution is -0.118. The number of amides is 2. The molecule has 0 saturated carbocycles. The van der Waals surface area contributed by atoms with Crippen LogP contribution in [0.1, 0.15) is 59.4 Å². The summed E-state index contributed by atoms with van der Waals surface area (Å²) in [6, 6.07) is 1.66. The van der Waals surface area contributed by atoms with Crippen molar-refractivity contribution in [2.75, 3.05) is 20.3 Å². The SMILES string of the molecule is COc1cc(COCC=C(C)C=CC=C(C)C=CC2=C(C)CCCC2(C)C)cnc1OC(=O)NC(=O)CN. The molecule has 8 nitrogen and oxygen atoms in total. The smallest absolute Gasteiger partial charge is 0.420 e. The summed E-state index contributed by atoms with van der Waals surface area (Å²) in [6.45, 7) is 11.4. The molecule has 1 aromatic rings. The zero-order chi connectivity index (χ0) is 28.1. The molecule has 2 amide bonds. The lowest BCUT2D eigenvalue weighted by atomic mass is 9.72. The molecule has 0 aliphatic heterocycles. The summed E-state index contributed by atoms with van der Waals surface area (Å²) in [5.74, 6) is -0.482. The third-order valence-corrected chi connectivity index (χ3v) is 6.28. The van der Waals surface area contributed by atoms with Gasteiger partial charge in [-0.3, -0.25) is 10.1 Å². The number of hydrogen-bond acceptors (Lipinski definition) is 7. The first-order valence-electron chi connectivity index (χ1n) is 12.8. The largest absolute Gasteiger partial charge is 0.491 e. The first-order valence-corrected chi connectivity index (χ1v) is 12.8. The van der Waals surface area contributed by atoms with Crippen molar-refractivity contribution in [3.8, 4) is 11.6 Å². The van der Waals surface area contributed by atoms with Crippen molar-refractivity contribution < 1.29 is 23.8 Å². The minimum Gasteiger partial charge on any atom is -0.491 e. The number of methoxy groups -OCH3 is 1. The van der Waals surface area contributed by atoms with Gasteiger partial charge in [0.05, 0.1) is 26.9 Å². The minimum atomic E-state index is -0.981. The van der Waals surface area contributed by atoms with Gasteiger partial charge in [0.25, 0.3) is 5.88 Å². The second-order valence-corrected chi connectivity index (χ2v) is 9.99. The Morgan fingerprint density at radius 1 is 1.21 bits per heavy atom. The zero-order valence-electron chi connectivity index (χ0n) is 23.4. The van der Waals surface area contributed by atoms with E-state index in [1.54, 1.807) is 6.07 Å². The normalized spacial score (nSPS) is 16.3. The molecular weight excluding hydrogens is 482 g/mol. The molecule has 3 N–H and O–H groups in total. The third-order valence-electron chi connectivity index (χ3n) is 6.28. The van der Waals surface area contributed by atoms with Crippen molar-refractivity contribution in [1.29, 1.82) is 0 Å². The highest BCUT2D eigenvalue weighted by molar-refractivity contribution is 5.93. The number of rotatable bonds is 11. The predicted molar refractivity (Wildman–Crippen MR) is 150 cm³/mol. The van der Waals surface area contributed by atoms with E-state index in [2.05, 4.69) is 50.9 Å². The molecule has 2 rings (SSSR count). The van der Waals surface area contributed by atoms with Crippen molar-refractivity contribution in [2.24, 2.45) is 11.1 Å². The van der Waals surface area contributed by atoms with E-state index in [4.69, 9.17) is 19.9 Å². The van der Waals surface area contributed by atoms with Gasteiger partial charge in [-0.1, -0.05) is 67.0 Å². The van der Waals surface area contributed by atoms with Gasteiger partial charge in [0, 0.05) is 11.8 Å². The Morgan fingerprint density at radius 3 is 2.66 bits per heavy atom. The summed E-state index contributed by atoms with van der Waals surface area (Å²) in [4.78, 5) is 27.0. The number of carbonyl (C=O) groups excluding carboxylic acids is 2. The fraction of sp³-hybridized carbons (Fsp3) is 0.433. The minimum absolute atomic E-state index is 0.0630. The van der Waals surface area contributed by atoms with E-state index < -0.39 is 12.0 Å². The Bertz CT molecular complexity index is 1140. The topological polar surface area (TPSA) is 113 Å². The van der Waals surface area contributed by atoms with Gasteiger partial charge >= 0.3 is 6.09 Å². The predicted octanol–water partition coefficient (Wildman–Crippen LogP) is 5.71. The molecule has 0 unspecified atom stereocenters. The first kappa shape index (κ1) is 30.7. The number of allylic oxidation sites excluding steroid dienone is 9. The zero-order valence-corrected chi connectivity index (χ0v) is 23.4. The maximum absolute atomic E-state index is 11.7. The van der Waals surface area contributed by atoms with Gasteiger partial charge in [0.15, 0.2) is 5.75 Å². The van der Waals surface area contributed by atoms with Crippen LogP contribution >= 0.6 is 0 Å². The van der Waals surface area contributed by atoms with E-state index >= 15 is 0 Å². The van der Waals surface area contributed by atoms with Gasteiger partial charge in [0.1, 0.15) is 0 Å². The molecule has 8 heteroatoms.